The lowest BCUT2D eigenvalue weighted by Gasteiger charge is -2.36. The van der Waals surface area contributed by atoms with E-state index in [-0.39, 0.29) is 12.0 Å². The standard InChI is InChI=1S/C20H24NO2S/c1-3-21(4-2,11-12-22)14-15-9-10-19-17(13-15)20(23)16-7-5-6-8-18(16)24-19/h5-10,13,22H,3-4,11-12,14H2,1-2H3/q+1. The average molecular weight is 342 g/mol. The SMILES string of the molecule is CC[N+](CC)(CCO)Cc1ccc2sc3ccccc3c(=O)c2c1. The lowest BCUT2D eigenvalue weighted by atomic mass is 10.1. The van der Waals surface area contributed by atoms with Crippen LogP contribution >= 0.6 is 11.3 Å². The summed E-state index contributed by atoms with van der Waals surface area (Å²) in [5.41, 5.74) is 1.29. The van der Waals surface area contributed by atoms with Crippen LogP contribution in [-0.2, 0) is 6.54 Å². The molecule has 0 radical (unpaired) electrons. The van der Waals surface area contributed by atoms with Gasteiger partial charge in [-0.3, -0.25) is 4.79 Å². The normalized spacial score (nSPS) is 12.1. The van der Waals surface area contributed by atoms with Gasteiger partial charge in [0.05, 0.1) is 19.7 Å². The van der Waals surface area contributed by atoms with Gasteiger partial charge in [0.25, 0.3) is 0 Å². The number of rotatable bonds is 6. The monoisotopic (exact) mass is 342 g/mol. The molecule has 0 aliphatic rings. The smallest absolute Gasteiger partial charge is 0.195 e. The van der Waals surface area contributed by atoms with Crippen LogP contribution < -0.4 is 5.43 Å². The highest BCUT2D eigenvalue weighted by atomic mass is 32.1. The molecule has 3 rings (SSSR count). The number of aliphatic hydroxyl groups excluding tert-OH is 1. The summed E-state index contributed by atoms with van der Waals surface area (Å²) in [6.45, 7) is 8.05. The van der Waals surface area contributed by atoms with Crippen molar-refractivity contribution in [3.63, 3.8) is 0 Å². The number of nitrogens with zero attached hydrogens (tertiary/aromatic N) is 1. The van der Waals surface area contributed by atoms with E-state index in [9.17, 15) is 9.90 Å². The molecule has 0 bridgehead atoms. The molecule has 0 spiro atoms. The van der Waals surface area contributed by atoms with Crippen molar-refractivity contribution in [2.24, 2.45) is 0 Å². The molecule has 3 aromatic rings. The molecule has 24 heavy (non-hydrogen) atoms. The Bertz CT molecular complexity index is 912. The minimum Gasteiger partial charge on any atom is -0.391 e. The van der Waals surface area contributed by atoms with Gasteiger partial charge in [-0.05, 0) is 38.1 Å². The number of aliphatic hydroxyl groups is 1. The van der Waals surface area contributed by atoms with E-state index in [2.05, 4.69) is 32.0 Å². The maximum atomic E-state index is 12.8. The van der Waals surface area contributed by atoms with Crippen molar-refractivity contribution < 1.29 is 9.59 Å². The van der Waals surface area contributed by atoms with Gasteiger partial charge in [0, 0.05) is 25.7 Å². The Kier molecular flexibility index (Phi) is 4.99. The largest absolute Gasteiger partial charge is 0.391 e. The highest BCUT2D eigenvalue weighted by Gasteiger charge is 2.23. The summed E-state index contributed by atoms with van der Waals surface area (Å²) in [5.74, 6) is 0. The Balaban J connectivity index is 2.09. The van der Waals surface area contributed by atoms with Gasteiger partial charge < -0.3 is 9.59 Å². The van der Waals surface area contributed by atoms with Crippen LogP contribution in [0.1, 0.15) is 19.4 Å². The van der Waals surface area contributed by atoms with Gasteiger partial charge in [-0.2, -0.15) is 0 Å². The first-order valence-corrected chi connectivity index (χ1v) is 9.34. The van der Waals surface area contributed by atoms with Crippen molar-refractivity contribution in [1.82, 2.24) is 0 Å². The summed E-state index contributed by atoms with van der Waals surface area (Å²) >= 11 is 1.67. The Hall–Kier alpha value is -1.75. The summed E-state index contributed by atoms with van der Waals surface area (Å²) in [6, 6.07) is 14.1. The summed E-state index contributed by atoms with van der Waals surface area (Å²) in [4.78, 5) is 12.8. The molecule has 4 heteroatoms. The third kappa shape index (κ3) is 3.09. The molecule has 0 aliphatic heterocycles. The van der Waals surface area contributed by atoms with E-state index in [0.29, 0.717) is 0 Å². The maximum absolute atomic E-state index is 12.8. The Morgan fingerprint density at radius 3 is 2.42 bits per heavy atom. The van der Waals surface area contributed by atoms with Crippen LogP contribution in [0.15, 0.2) is 47.3 Å². The molecule has 0 aliphatic carbocycles. The minimum atomic E-state index is 0.120. The Morgan fingerprint density at radius 1 is 1.00 bits per heavy atom. The topological polar surface area (TPSA) is 37.3 Å². The number of quaternary nitrogens is 1. The van der Waals surface area contributed by atoms with Gasteiger partial charge in [0.2, 0.25) is 0 Å². The summed E-state index contributed by atoms with van der Waals surface area (Å²) in [5, 5.41) is 11.0. The Morgan fingerprint density at radius 2 is 1.71 bits per heavy atom. The van der Waals surface area contributed by atoms with E-state index in [1.807, 2.05) is 24.3 Å². The fourth-order valence-corrected chi connectivity index (χ4v) is 4.44. The fourth-order valence-electron chi connectivity index (χ4n) is 3.39. The first kappa shape index (κ1) is 17.1. The van der Waals surface area contributed by atoms with Crippen LogP contribution in [0.25, 0.3) is 20.2 Å². The molecule has 0 atom stereocenters. The van der Waals surface area contributed by atoms with Crippen molar-refractivity contribution in [1.29, 1.82) is 0 Å². The fraction of sp³-hybridized carbons (Fsp3) is 0.350. The molecule has 0 fully saturated rings. The lowest BCUT2D eigenvalue weighted by molar-refractivity contribution is -0.938. The Labute approximate surface area is 146 Å². The molecule has 0 amide bonds. The van der Waals surface area contributed by atoms with Crippen LogP contribution in [0.2, 0.25) is 0 Å². The maximum Gasteiger partial charge on any atom is 0.195 e. The molecular formula is C20H24NO2S+. The molecule has 2 aromatic carbocycles. The molecule has 126 valence electrons. The minimum absolute atomic E-state index is 0.120. The van der Waals surface area contributed by atoms with Crippen molar-refractivity contribution in [3.05, 3.63) is 58.3 Å². The van der Waals surface area contributed by atoms with Gasteiger partial charge in [-0.25, -0.2) is 0 Å². The predicted octanol–water partition coefficient (Wildman–Crippen LogP) is 3.76. The van der Waals surface area contributed by atoms with Crippen molar-refractivity contribution in [2.75, 3.05) is 26.2 Å². The van der Waals surface area contributed by atoms with Gasteiger partial charge in [0.15, 0.2) is 5.43 Å². The average Bonchev–Trinajstić information content (AvgIpc) is 2.62. The number of benzene rings is 2. The van der Waals surface area contributed by atoms with Gasteiger partial charge in [-0.15, -0.1) is 11.3 Å². The van der Waals surface area contributed by atoms with Gasteiger partial charge in [0.1, 0.15) is 13.1 Å². The van der Waals surface area contributed by atoms with Crippen LogP contribution in [0, 0.1) is 0 Å². The first-order valence-electron chi connectivity index (χ1n) is 8.53. The van der Waals surface area contributed by atoms with Crippen LogP contribution in [0.5, 0.6) is 0 Å². The molecule has 0 saturated heterocycles. The quantitative estimate of drug-likeness (QED) is 0.547. The zero-order valence-electron chi connectivity index (χ0n) is 14.3. The number of likely N-dealkylation sites (N-methyl/N-ethyl adjacent to an activating group) is 1. The highest BCUT2D eigenvalue weighted by molar-refractivity contribution is 7.24. The molecule has 0 unspecified atom stereocenters. The summed E-state index contributed by atoms with van der Waals surface area (Å²) < 4.78 is 2.92. The molecule has 1 heterocycles. The summed E-state index contributed by atoms with van der Waals surface area (Å²) in [7, 11) is 0. The molecule has 3 nitrogen and oxygen atoms in total. The lowest BCUT2D eigenvalue weighted by Crippen LogP contribution is -2.48. The van der Waals surface area contributed by atoms with Crippen LogP contribution in [0.4, 0.5) is 0 Å². The number of fused-ring (bicyclic) bond motifs is 2. The van der Waals surface area contributed by atoms with Crippen LogP contribution in [-0.4, -0.2) is 35.8 Å². The predicted molar refractivity (Wildman–Crippen MR) is 103 cm³/mol. The molecule has 1 aromatic heterocycles. The first-order chi connectivity index (χ1) is 11.6. The zero-order chi connectivity index (χ0) is 17.2. The van der Waals surface area contributed by atoms with E-state index in [0.717, 1.165) is 50.8 Å². The van der Waals surface area contributed by atoms with E-state index >= 15 is 0 Å². The molecule has 0 saturated carbocycles. The van der Waals surface area contributed by atoms with Gasteiger partial charge >= 0.3 is 0 Å². The third-order valence-corrected chi connectivity index (χ3v) is 6.23. The molecule has 1 N–H and O–H groups in total. The number of hydrogen-bond acceptors (Lipinski definition) is 3. The van der Waals surface area contributed by atoms with E-state index in [1.165, 1.54) is 5.56 Å². The summed E-state index contributed by atoms with van der Waals surface area (Å²) in [6.07, 6.45) is 0. The zero-order valence-corrected chi connectivity index (χ0v) is 15.1. The second kappa shape index (κ2) is 7.01. The number of hydrogen-bond donors (Lipinski definition) is 1. The van der Waals surface area contributed by atoms with Gasteiger partial charge in [-0.1, -0.05) is 18.2 Å². The van der Waals surface area contributed by atoms with E-state index in [1.54, 1.807) is 11.3 Å². The van der Waals surface area contributed by atoms with Crippen molar-refractivity contribution in [2.45, 2.75) is 20.4 Å². The van der Waals surface area contributed by atoms with E-state index < -0.39 is 0 Å². The third-order valence-electron chi connectivity index (χ3n) is 5.07. The van der Waals surface area contributed by atoms with E-state index in [4.69, 9.17) is 0 Å². The van der Waals surface area contributed by atoms with Crippen LogP contribution in [0.3, 0.4) is 0 Å². The van der Waals surface area contributed by atoms with Crippen molar-refractivity contribution >= 4 is 31.5 Å². The second-order valence-corrected chi connectivity index (χ2v) is 7.42. The van der Waals surface area contributed by atoms with Crippen molar-refractivity contribution in [3.8, 4) is 0 Å². The second-order valence-electron chi connectivity index (χ2n) is 6.34. The molecular weight excluding hydrogens is 318 g/mol. The highest BCUT2D eigenvalue weighted by Crippen LogP contribution is 2.26.